The van der Waals surface area contributed by atoms with Gasteiger partial charge in [0.1, 0.15) is 5.60 Å². The quantitative estimate of drug-likeness (QED) is 0.487. The number of carboxylic acid groups (broad SMARTS) is 3. The molecule has 0 fully saturated rings. The molecule has 0 heterocycles. The minimum atomic E-state index is -2.97. The summed E-state index contributed by atoms with van der Waals surface area (Å²) in [4.78, 5) is 30.0. The van der Waals surface area contributed by atoms with Crippen LogP contribution in [0.4, 0.5) is 0 Å². The molecule has 0 radical (unpaired) electrons. The van der Waals surface area contributed by atoms with Crippen molar-refractivity contribution in [1.82, 2.24) is 0 Å². The first-order valence-corrected chi connectivity index (χ1v) is 3.11. The van der Waals surface area contributed by atoms with Gasteiger partial charge in [0, 0.05) is 24.8 Å². The number of rotatable bonds is 5. The SMILES string of the molecule is O=C([O-])CC(O)(CC(=O)[O-])C(=O)[O-].[Na+].[Na+].[Na+].[Na+].[OH-]. The van der Waals surface area contributed by atoms with E-state index in [9.17, 15) is 29.7 Å². The summed E-state index contributed by atoms with van der Waals surface area (Å²) in [6.07, 6.45) is -2.72. The molecule has 18 heavy (non-hydrogen) atoms. The van der Waals surface area contributed by atoms with Crippen LogP contribution in [-0.4, -0.2) is 34.1 Å². The zero-order chi connectivity index (χ0) is 10.6. The van der Waals surface area contributed by atoms with Gasteiger partial charge in [-0.25, -0.2) is 0 Å². The molecule has 12 heteroatoms. The van der Waals surface area contributed by atoms with E-state index in [1.54, 1.807) is 0 Å². The van der Waals surface area contributed by atoms with Crippen molar-refractivity contribution in [2.45, 2.75) is 18.4 Å². The Morgan fingerprint density at radius 1 is 0.833 bits per heavy atom. The Bertz CT molecular complexity index is 242. The molecule has 0 aliphatic rings. The molecule has 0 amide bonds. The minimum Gasteiger partial charge on any atom is -0.870 e. The fraction of sp³-hybridized carbons (Fsp3) is 0.500. The van der Waals surface area contributed by atoms with Crippen molar-refractivity contribution >= 4 is 17.9 Å². The smallest absolute Gasteiger partial charge is 0.870 e. The Hall–Kier alpha value is 2.33. The molecule has 2 N–H and O–H groups in total. The van der Waals surface area contributed by atoms with E-state index in [1.807, 2.05) is 0 Å². The molecule has 0 bridgehead atoms. The minimum absolute atomic E-state index is 0. The van der Waals surface area contributed by atoms with Gasteiger partial charge in [-0.1, -0.05) is 0 Å². The van der Waals surface area contributed by atoms with Crippen LogP contribution in [0.1, 0.15) is 12.8 Å². The Labute approximate surface area is 191 Å². The van der Waals surface area contributed by atoms with Gasteiger partial charge >= 0.3 is 118 Å². The summed E-state index contributed by atoms with van der Waals surface area (Å²) < 4.78 is 0. The number of carbonyl (C=O) groups is 3. The summed E-state index contributed by atoms with van der Waals surface area (Å²) >= 11 is 0. The van der Waals surface area contributed by atoms with Crippen molar-refractivity contribution in [3.63, 3.8) is 0 Å². The van der Waals surface area contributed by atoms with Gasteiger partial charge in [0.15, 0.2) is 0 Å². The van der Waals surface area contributed by atoms with Crippen molar-refractivity contribution < 1.29 is 159 Å². The van der Waals surface area contributed by atoms with Crippen LogP contribution >= 0.6 is 0 Å². The first kappa shape index (κ1) is 37.0. The Morgan fingerprint density at radius 3 is 1.17 bits per heavy atom. The van der Waals surface area contributed by atoms with Gasteiger partial charge in [-0.15, -0.1) is 0 Å². The average molecular weight is 298 g/mol. The van der Waals surface area contributed by atoms with Crippen LogP contribution < -0.4 is 134 Å². The zero-order valence-corrected chi connectivity index (χ0v) is 18.8. The molecule has 0 saturated heterocycles. The molecule has 0 aromatic heterocycles. The molecule has 0 rings (SSSR count). The van der Waals surface area contributed by atoms with Gasteiger partial charge in [-0.05, 0) is 0 Å². The van der Waals surface area contributed by atoms with E-state index < -0.39 is 36.4 Å². The maximum Gasteiger partial charge on any atom is 1.00 e. The summed E-state index contributed by atoms with van der Waals surface area (Å²) in [7, 11) is 0. The molecular formula is C6H6Na4O8. The Balaban J connectivity index is -0.0000000720. The second kappa shape index (κ2) is 17.4. The molecule has 8 nitrogen and oxygen atoms in total. The predicted molar refractivity (Wildman–Crippen MR) is 31.1 cm³/mol. The maximum atomic E-state index is 10.1. The van der Waals surface area contributed by atoms with Crippen molar-refractivity contribution in [1.29, 1.82) is 0 Å². The molecule has 0 aromatic carbocycles. The van der Waals surface area contributed by atoms with Crippen molar-refractivity contribution in [2.75, 3.05) is 0 Å². The third kappa shape index (κ3) is 16.4. The third-order valence-corrected chi connectivity index (χ3v) is 1.25. The number of hydrogen-bond donors (Lipinski definition) is 1. The average Bonchev–Trinajstić information content (AvgIpc) is 1.82. The maximum absolute atomic E-state index is 10.1. The zero-order valence-electron chi connectivity index (χ0n) is 10.8. The second-order valence-corrected chi connectivity index (χ2v) is 2.42. The Morgan fingerprint density at radius 2 is 1.06 bits per heavy atom. The van der Waals surface area contributed by atoms with E-state index in [0.29, 0.717) is 0 Å². The van der Waals surface area contributed by atoms with Gasteiger partial charge in [0.05, 0.1) is 5.97 Å². The van der Waals surface area contributed by atoms with Crippen molar-refractivity contribution in [2.24, 2.45) is 0 Å². The van der Waals surface area contributed by atoms with Gasteiger partial charge < -0.3 is 40.3 Å². The summed E-state index contributed by atoms with van der Waals surface area (Å²) in [5.41, 5.74) is -2.97. The largest absolute Gasteiger partial charge is 1.00 e. The van der Waals surface area contributed by atoms with E-state index >= 15 is 0 Å². The summed E-state index contributed by atoms with van der Waals surface area (Å²) in [5, 5.41) is 38.9. The van der Waals surface area contributed by atoms with E-state index in [1.165, 1.54) is 0 Å². The number of aliphatic hydroxyl groups is 1. The van der Waals surface area contributed by atoms with Crippen LogP contribution in [0.3, 0.4) is 0 Å². The third-order valence-electron chi connectivity index (χ3n) is 1.25. The van der Waals surface area contributed by atoms with Crippen LogP contribution in [0.25, 0.3) is 0 Å². The number of carbonyl (C=O) groups excluding carboxylic acids is 3. The standard InChI is InChI=1S/C6H8O7.4Na.H2O/c7-3(8)1-6(13,5(11)12)2-4(9)10;;;;;/h13H,1-2H2,(H,7,8)(H,9,10)(H,11,12);;;;;1H2/q;4*+1;/p-4. The van der Waals surface area contributed by atoms with Gasteiger partial charge in [0.2, 0.25) is 0 Å². The second-order valence-electron chi connectivity index (χ2n) is 2.42. The van der Waals surface area contributed by atoms with E-state index in [4.69, 9.17) is 5.11 Å². The number of hydrogen-bond acceptors (Lipinski definition) is 8. The van der Waals surface area contributed by atoms with Crippen LogP contribution in [0, 0.1) is 0 Å². The van der Waals surface area contributed by atoms with Gasteiger partial charge in [0.25, 0.3) is 0 Å². The topological polar surface area (TPSA) is 171 Å². The van der Waals surface area contributed by atoms with E-state index in [-0.39, 0.29) is 124 Å². The number of carboxylic acids is 3. The molecule has 0 atom stereocenters. The fourth-order valence-electron chi connectivity index (χ4n) is 0.684. The van der Waals surface area contributed by atoms with Crippen molar-refractivity contribution in [3.05, 3.63) is 0 Å². The first-order valence-electron chi connectivity index (χ1n) is 3.11. The Kier molecular flexibility index (Phi) is 35.7. The fourth-order valence-corrected chi connectivity index (χ4v) is 0.684. The molecule has 0 spiro atoms. The van der Waals surface area contributed by atoms with Crippen LogP contribution in [0.2, 0.25) is 0 Å². The molecular weight excluding hydrogens is 292 g/mol. The van der Waals surface area contributed by atoms with Gasteiger partial charge in [-0.3, -0.25) is 0 Å². The molecule has 0 saturated carbocycles. The molecule has 0 aliphatic heterocycles. The molecule has 0 aliphatic carbocycles. The monoisotopic (exact) mass is 298 g/mol. The summed E-state index contributed by atoms with van der Waals surface area (Å²) in [5.74, 6) is -5.98. The van der Waals surface area contributed by atoms with E-state index in [2.05, 4.69) is 0 Å². The summed E-state index contributed by atoms with van der Waals surface area (Å²) in [6, 6.07) is 0. The molecule has 0 unspecified atom stereocenters. The predicted octanol–water partition coefficient (Wildman–Crippen LogP) is -17.4. The van der Waals surface area contributed by atoms with Crippen LogP contribution in [0.15, 0.2) is 0 Å². The molecule has 82 valence electrons. The number of aliphatic carboxylic acids is 3. The van der Waals surface area contributed by atoms with Gasteiger partial charge in [-0.2, -0.15) is 0 Å². The normalized spacial score (nSPS) is 7.83. The summed E-state index contributed by atoms with van der Waals surface area (Å²) in [6.45, 7) is 0. The first-order chi connectivity index (χ1) is 5.78. The van der Waals surface area contributed by atoms with Crippen LogP contribution in [0.5, 0.6) is 0 Å². The van der Waals surface area contributed by atoms with Crippen LogP contribution in [-0.2, 0) is 14.4 Å². The van der Waals surface area contributed by atoms with E-state index in [0.717, 1.165) is 0 Å². The molecule has 0 aromatic rings. The van der Waals surface area contributed by atoms with Crippen molar-refractivity contribution in [3.8, 4) is 0 Å².